The van der Waals surface area contributed by atoms with Gasteiger partial charge in [-0.25, -0.2) is 9.59 Å². The monoisotopic (exact) mass is 330 g/mol. The summed E-state index contributed by atoms with van der Waals surface area (Å²) in [5.41, 5.74) is 2.11. The topological polar surface area (TPSA) is 53.2 Å². The van der Waals surface area contributed by atoms with Gasteiger partial charge in [-0.3, -0.25) is 9.13 Å². The van der Waals surface area contributed by atoms with Crippen molar-refractivity contribution in [3.05, 3.63) is 63.5 Å². The number of halogens is 1. The van der Waals surface area contributed by atoms with Crippen LogP contribution >= 0.6 is 11.6 Å². The van der Waals surface area contributed by atoms with Crippen LogP contribution in [-0.2, 0) is 18.4 Å². The van der Waals surface area contributed by atoms with Crippen LogP contribution in [0.15, 0.2) is 47.3 Å². The Morgan fingerprint density at radius 1 is 1.17 bits per heavy atom. The molecule has 0 radical (unpaired) electrons. The van der Waals surface area contributed by atoms with Crippen LogP contribution in [0.5, 0.6) is 5.75 Å². The highest BCUT2D eigenvalue weighted by Gasteiger charge is 2.15. The van der Waals surface area contributed by atoms with Gasteiger partial charge in [-0.15, -0.1) is 0 Å². The van der Waals surface area contributed by atoms with E-state index in [2.05, 4.69) is 0 Å². The molecular weight excluding hydrogens is 316 g/mol. The molecule has 23 heavy (non-hydrogen) atoms. The van der Waals surface area contributed by atoms with Crippen LogP contribution in [0, 0.1) is 6.92 Å². The number of carbonyl (C=O) groups excluding carboxylic acids is 1. The van der Waals surface area contributed by atoms with Gasteiger partial charge in [0.15, 0.2) is 0 Å². The van der Waals surface area contributed by atoms with Gasteiger partial charge in [-0.1, -0.05) is 29.8 Å². The van der Waals surface area contributed by atoms with Crippen molar-refractivity contribution in [1.82, 2.24) is 9.13 Å². The first kappa shape index (κ1) is 15.4. The third kappa shape index (κ3) is 2.87. The van der Waals surface area contributed by atoms with E-state index in [1.54, 1.807) is 25.2 Å². The highest BCUT2D eigenvalue weighted by atomic mass is 35.5. The summed E-state index contributed by atoms with van der Waals surface area (Å²) in [6.07, 6.45) is 0. The van der Waals surface area contributed by atoms with Crippen LogP contribution in [0.3, 0.4) is 0 Å². The van der Waals surface area contributed by atoms with Crippen molar-refractivity contribution in [2.45, 2.75) is 13.5 Å². The second-order valence-electron chi connectivity index (χ2n) is 5.32. The number of ether oxygens (including phenoxy) is 1. The second kappa shape index (κ2) is 5.93. The Bertz CT molecular complexity index is 956. The lowest BCUT2D eigenvalue weighted by molar-refractivity contribution is -0.135. The van der Waals surface area contributed by atoms with Gasteiger partial charge in [0, 0.05) is 7.05 Å². The van der Waals surface area contributed by atoms with Crippen LogP contribution in [0.2, 0.25) is 5.02 Å². The Kier molecular flexibility index (Phi) is 3.96. The predicted molar refractivity (Wildman–Crippen MR) is 89.0 cm³/mol. The average molecular weight is 331 g/mol. The van der Waals surface area contributed by atoms with Crippen molar-refractivity contribution in [3.63, 3.8) is 0 Å². The smallest absolute Gasteiger partial charge is 0.331 e. The van der Waals surface area contributed by atoms with Crippen LogP contribution in [0.1, 0.15) is 5.56 Å². The molecule has 2 aromatic carbocycles. The van der Waals surface area contributed by atoms with Gasteiger partial charge in [-0.2, -0.15) is 0 Å². The average Bonchev–Trinajstić information content (AvgIpc) is 2.76. The van der Waals surface area contributed by atoms with Gasteiger partial charge in [0.1, 0.15) is 12.3 Å². The molecule has 0 aliphatic rings. The maximum Gasteiger partial charge on any atom is 0.331 e. The Hall–Kier alpha value is -2.53. The summed E-state index contributed by atoms with van der Waals surface area (Å²) in [5, 5.41) is 0.356. The Balaban J connectivity index is 1.91. The van der Waals surface area contributed by atoms with Crippen molar-refractivity contribution in [2.24, 2.45) is 7.05 Å². The number of hydrogen-bond acceptors (Lipinski definition) is 3. The van der Waals surface area contributed by atoms with Crippen LogP contribution in [0.25, 0.3) is 11.0 Å². The fraction of sp³-hybridized carbons (Fsp3) is 0.176. The first-order valence-corrected chi connectivity index (χ1v) is 7.46. The number of carbonyl (C=O) groups is 1. The number of imidazole rings is 1. The van der Waals surface area contributed by atoms with E-state index in [4.69, 9.17) is 16.3 Å². The number of aromatic nitrogens is 2. The highest BCUT2D eigenvalue weighted by Crippen LogP contribution is 2.25. The van der Waals surface area contributed by atoms with Crippen LogP contribution in [0.4, 0.5) is 0 Å². The summed E-state index contributed by atoms with van der Waals surface area (Å²) >= 11 is 6.02. The molecule has 0 saturated heterocycles. The Morgan fingerprint density at radius 3 is 2.61 bits per heavy atom. The summed E-state index contributed by atoms with van der Waals surface area (Å²) in [4.78, 5) is 24.5. The molecule has 3 aromatic rings. The molecule has 0 unspecified atom stereocenters. The lowest BCUT2D eigenvalue weighted by Crippen LogP contribution is -2.27. The van der Waals surface area contributed by atoms with Crippen molar-refractivity contribution >= 4 is 28.6 Å². The van der Waals surface area contributed by atoms with Gasteiger partial charge < -0.3 is 4.74 Å². The summed E-state index contributed by atoms with van der Waals surface area (Å²) in [6, 6.07) is 12.5. The standard InChI is InChI=1S/C17H15ClN2O3/c1-11-7-8-12(18)15(9-11)23-16(21)10-20-14-6-4-3-5-13(14)19(2)17(20)22/h3-9H,10H2,1-2H3. The van der Waals surface area contributed by atoms with E-state index in [-0.39, 0.29) is 12.2 Å². The largest absolute Gasteiger partial charge is 0.424 e. The molecule has 0 N–H and O–H groups in total. The third-order valence-electron chi connectivity index (χ3n) is 3.65. The molecule has 5 nitrogen and oxygen atoms in total. The van der Waals surface area contributed by atoms with E-state index in [1.165, 1.54) is 9.13 Å². The quantitative estimate of drug-likeness (QED) is 0.548. The number of esters is 1. The fourth-order valence-electron chi connectivity index (χ4n) is 2.49. The molecule has 0 atom stereocenters. The molecule has 0 bridgehead atoms. The highest BCUT2D eigenvalue weighted by molar-refractivity contribution is 6.32. The van der Waals surface area contributed by atoms with E-state index in [1.807, 2.05) is 31.2 Å². The molecule has 1 heterocycles. The third-order valence-corrected chi connectivity index (χ3v) is 3.96. The van der Waals surface area contributed by atoms with E-state index < -0.39 is 5.97 Å². The molecule has 0 fully saturated rings. The zero-order chi connectivity index (χ0) is 16.6. The van der Waals surface area contributed by atoms with Gasteiger partial charge in [-0.05, 0) is 36.8 Å². The SMILES string of the molecule is Cc1ccc(Cl)c(OC(=O)Cn2c(=O)n(C)c3ccccc32)c1. The predicted octanol–water partition coefficient (Wildman–Crippen LogP) is 2.91. The number of fused-ring (bicyclic) bond motifs is 1. The van der Waals surface area contributed by atoms with Gasteiger partial charge in [0.25, 0.3) is 0 Å². The summed E-state index contributed by atoms with van der Waals surface area (Å²) in [5.74, 6) is -0.249. The van der Waals surface area contributed by atoms with E-state index >= 15 is 0 Å². The number of aryl methyl sites for hydroxylation is 2. The van der Waals surface area contributed by atoms with Crippen molar-refractivity contribution in [2.75, 3.05) is 0 Å². The van der Waals surface area contributed by atoms with E-state index in [9.17, 15) is 9.59 Å². The van der Waals surface area contributed by atoms with Crippen molar-refractivity contribution in [1.29, 1.82) is 0 Å². The lowest BCUT2D eigenvalue weighted by atomic mass is 10.2. The number of hydrogen-bond donors (Lipinski definition) is 0. The molecule has 0 saturated carbocycles. The van der Waals surface area contributed by atoms with Crippen LogP contribution < -0.4 is 10.4 Å². The summed E-state index contributed by atoms with van der Waals surface area (Å²) < 4.78 is 8.20. The van der Waals surface area contributed by atoms with E-state index in [0.29, 0.717) is 16.3 Å². The van der Waals surface area contributed by atoms with E-state index in [0.717, 1.165) is 11.1 Å². The molecule has 1 aromatic heterocycles. The first-order valence-electron chi connectivity index (χ1n) is 7.08. The number of nitrogens with zero attached hydrogens (tertiary/aromatic N) is 2. The number of benzene rings is 2. The molecule has 0 aliphatic carbocycles. The molecule has 0 aliphatic heterocycles. The maximum absolute atomic E-state index is 12.3. The number of rotatable bonds is 3. The molecule has 0 amide bonds. The van der Waals surface area contributed by atoms with Gasteiger partial charge in [0.2, 0.25) is 0 Å². The maximum atomic E-state index is 12.3. The molecule has 3 rings (SSSR count). The second-order valence-corrected chi connectivity index (χ2v) is 5.73. The molecular formula is C17H15ClN2O3. The van der Waals surface area contributed by atoms with Gasteiger partial charge in [0.05, 0.1) is 16.1 Å². The molecule has 118 valence electrons. The first-order chi connectivity index (χ1) is 11.0. The summed E-state index contributed by atoms with van der Waals surface area (Å²) in [7, 11) is 1.67. The zero-order valence-corrected chi connectivity index (χ0v) is 13.5. The Morgan fingerprint density at radius 2 is 1.87 bits per heavy atom. The minimum absolute atomic E-state index is 0.176. The Labute approximate surface area is 137 Å². The minimum Gasteiger partial charge on any atom is -0.424 e. The van der Waals surface area contributed by atoms with Crippen molar-refractivity contribution < 1.29 is 9.53 Å². The van der Waals surface area contributed by atoms with Crippen LogP contribution in [-0.4, -0.2) is 15.1 Å². The van der Waals surface area contributed by atoms with Gasteiger partial charge >= 0.3 is 11.7 Å². The normalized spacial score (nSPS) is 10.9. The molecule has 6 heteroatoms. The molecule has 0 spiro atoms. The zero-order valence-electron chi connectivity index (χ0n) is 12.7. The lowest BCUT2D eigenvalue weighted by Gasteiger charge is -2.07. The summed E-state index contributed by atoms with van der Waals surface area (Å²) in [6.45, 7) is 1.70. The number of para-hydroxylation sites is 2. The minimum atomic E-state index is -0.545. The fourth-order valence-corrected chi connectivity index (χ4v) is 2.64. The van der Waals surface area contributed by atoms with Crippen molar-refractivity contribution in [3.8, 4) is 5.75 Å².